The van der Waals surface area contributed by atoms with E-state index in [0.29, 0.717) is 17.3 Å². The highest BCUT2D eigenvalue weighted by Crippen LogP contribution is 2.39. The molecular formula is C24H18ClF3N6O. The molecule has 2 aromatic carbocycles. The van der Waals surface area contributed by atoms with Crippen molar-refractivity contribution in [2.45, 2.75) is 12.2 Å². The molecule has 0 spiro atoms. The van der Waals surface area contributed by atoms with Gasteiger partial charge in [-0.25, -0.2) is 15.4 Å². The van der Waals surface area contributed by atoms with Crippen LogP contribution in [0.25, 0.3) is 17.0 Å². The summed E-state index contributed by atoms with van der Waals surface area (Å²) in [6.07, 6.45) is 1.78. The van der Waals surface area contributed by atoms with Gasteiger partial charge >= 0.3 is 6.18 Å². The lowest BCUT2D eigenvalue weighted by Crippen LogP contribution is -2.29. The number of halogens is 4. The van der Waals surface area contributed by atoms with Crippen molar-refractivity contribution in [1.82, 2.24) is 24.8 Å². The molecule has 1 aliphatic rings. The fourth-order valence-corrected chi connectivity index (χ4v) is 4.19. The number of rotatable bonds is 4. The number of carbonyl (C=O) groups excluding carboxylic acids is 1. The summed E-state index contributed by atoms with van der Waals surface area (Å²) in [5, 5.41) is 4.00. The molecule has 0 aliphatic carbocycles. The second kappa shape index (κ2) is 8.71. The van der Waals surface area contributed by atoms with Gasteiger partial charge in [0.15, 0.2) is 0 Å². The van der Waals surface area contributed by atoms with Crippen molar-refractivity contribution < 1.29 is 18.0 Å². The number of hydrogen-bond acceptors (Lipinski definition) is 5. The standard InChI is InChI=1S/C24H18ClF3N6O/c1-33-11-8-19(32-33)15-12-16(18(25)13-17(15)24(26,27)28)22(35)31-21-20(14-6-3-2-4-7-14)30-23-29-9-5-10-34(21)23/h2-13,19,32H,1H3,(H,31,35). The summed E-state index contributed by atoms with van der Waals surface area (Å²) in [6, 6.07) is 12.0. The molecule has 1 unspecified atom stereocenters. The van der Waals surface area contributed by atoms with Gasteiger partial charge in [-0.05, 0) is 29.8 Å². The average Bonchev–Trinajstić information content (AvgIpc) is 3.42. The van der Waals surface area contributed by atoms with Crippen LogP contribution in [0, 0.1) is 0 Å². The number of fused-ring (bicyclic) bond motifs is 1. The molecule has 7 nitrogen and oxygen atoms in total. The first-order valence-corrected chi connectivity index (χ1v) is 10.9. The lowest BCUT2D eigenvalue weighted by atomic mass is 9.97. The van der Waals surface area contributed by atoms with E-state index in [-0.39, 0.29) is 16.1 Å². The van der Waals surface area contributed by atoms with Gasteiger partial charge in [0.25, 0.3) is 5.91 Å². The second-order valence-corrected chi connectivity index (χ2v) is 8.30. The molecule has 2 N–H and O–H groups in total. The Bertz CT molecular complexity index is 1450. The Morgan fingerprint density at radius 1 is 1.17 bits per heavy atom. The van der Waals surface area contributed by atoms with Gasteiger partial charge in [-0.15, -0.1) is 0 Å². The third kappa shape index (κ3) is 4.33. The highest BCUT2D eigenvalue weighted by Gasteiger charge is 2.37. The number of alkyl halides is 3. The molecule has 3 heterocycles. The number of amides is 1. The Kier molecular flexibility index (Phi) is 5.70. The topological polar surface area (TPSA) is 74.6 Å². The van der Waals surface area contributed by atoms with Crippen LogP contribution in [-0.2, 0) is 6.18 Å². The number of aromatic nitrogens is 3. The van der Waals surface area contributed by atoms with Gasteiger partial charge in [0.05, 0.1) is 22.2 Å². The third-order valence-corrected chi connectivity index (χ3v) is 5.86. The van der Waals surface area contributed by atoms with Crippen LogP contribution in [0.5, 0.6) is 0 Å². The summed E-state index contributed by atoms with van der Waals surface area (Å²) in [6.45, 7) is 0. The van der Waals surface area contributed by atoms with Crippen LogP contribution in [0.4, 0.5) is 19.0 Å². The molecule has 0 saturated carbocycles. The number of imidazole rings is 1. The van der Waals surface area contributed by atoms with Crippen molar-refractivity contribution in [1.29, 1.82) is 0 Å². The van der Waals surface area contributed by atoms with Crippen LogP contribution in [0.2, 0.25) is 5.02 Å². The summed E-state index contributed by atoms with van der Waals surface area (Å²) in [4.78, 5) is 22.1. The summed E-state index contributed by atoms with van der Waals surface area (Å²) >= 11 is 6.21. The fraction of sp³-hybridized carbons (Fsp3) is 0.125. The normalized spacial score (nSPS) is 15.7. The number of benzene rings is 2. The van der Waals surface area contributed by atoms with E-state index in [4.69, 9.17) is 11.6 Å². The van der Waals surface area contributed by atoms with E-state index < -0.39 is 23.7 Å². The zero-order chi connectivity index (χ0) is 24.7. The number of hydrazine groups is 1. The van der Waals surface area contributed by atoms with E-state index >= 15 is 0 Å². The van der Waals surface area contributed by atoms with Crippen LogP contribution in [0.1, 0.15) is 27.5 Å². The lowest BCUT2D eigenvalue weighted by Gasteiger charge is -2.21. The molecule has 11 heteroatoms. The number of nitrogens with zero attached hydrogens (tertiary/aromatic N) is 4. The van der Waals surface area contributed by atoms with E-state index in [9.17, 15) is 18.0 Å². The lowest BCUT2D eigenvalue weighted by molar-refractivity contribution is -0.138. The minimum atomic E-state index is -4.65. The molecule has 2 aromatic heterocycles. The molecule has 178 valence electrons. The quantitative estimate of drug-likeness (QED) is 0.398. The molecule has 1 amide bonds. The number of carbonyl (C=O) groups is 1. The van der Waals surface area contributed by atoms with Gasteiger partial charge in [-0.2, -0.15) is 13.2 Å². The summed E-state index contributed by atoms with van der Waals surface area (Å²) in [5.41, 5.74) is 2.96. The second-order valence-electron chi connectivity index (χ2n) is 7.90. The maximum absolute atomic E-state index is 13.8. The smallest absolute Gasteiger partial charge is 0.318 e. The van der Waals surface area contributed by atoms with Crippen molar-refractivity contribution in [2.24, 2.45) is 0 Å². The number of hydrogen-bond donors (Lipinski definition) is 2. The minimum absolute atomic E-state index is 0.0997. The van der Waals surface area contributed by atoms with Gasteiger partial charge in [0.2, 0.25) is 5.78 Å². The van der Waals surface area contributed by atoms with Gasteiger partial charge in [-0.1, -0.05) is 41.9 Å². The van der Waals surface area contributed by atoms with Gasteiger partial charge in [-0.3, -0.25) is 9.20 Å². The Labute approximate surface area is 202 Å². The van der Waals surface area contributed by atoms with Crippen molar-refractivity contribution in [3.8, 4) is 11.3 Å². The highest BCUT2D eigenvalue weighted by molar-refractivity contribution is 6.34. The van der Waals surface area contributed by atoms with Crippen molar-refractivity contribution >= 4 is 29.1 Å². The first-order valence-electron chi connectivity index (χ1n) is 10.5. The van der Waals surface area contributed by atoms with Crippen LogP contribution < -0.4 is 10.7 Å². The fourth-order valence-electron chi connectivity index (χ4n) is 3.94. The Morgan fingerprint density at radius 3 is 2.63 bits per heavy atom. The Hall–Kier alpha value is -3.89. The molecule has 5 rings (SSSR count). The van der Waals surface area contributed by atoms with E-state index in [1.165, 1.54) is 11.1 Å². The van der Waals surface area contributed by atoms with Crippen LogP contribution in [0.3, 0.4) is 0 Å². The molecule has 0 radical (unpaired) electrons. The Balaban J connectivity index is 1.59. The molecule has 0 fully saturated rings. The summed E-state index contributed by atoms with van der Waals surface area (Å²) < 4.78 is 43.0. The van der Waals surface area contributed by atoms with Crippen LogP contribution >= 0.6 is 11.6 Å². The molecule has 0 bridgehead atoms. The maximum atomic E-state index is 13.8. The van der Waals surface area contributed by atoms with Crippen molar-refractivity contribution in [2.75, 3.05) is 12.4 Å². The molecule has 4 aromatic rings. The zero-order valence-corrected chi connectivity index (χ0v) is 19.0. The SMILES string of the molecule is CN1C=CC(c2cc(C(=O)Nc3c(-c4ccccc4)nc4ncccn34)c(Cl)cc2C(F)(F)F)N1. The Morgan fingerprint density at radius 2 is 1.94 bits per heavy atom. The molecule has 1 atom stereocenters. The monoisotopic (exact) mass is 498 g/mol. The first kappa shape index (κ1) is 22.9. The number of nitrogens with one attached hydrogen (secondary N) is 2. The predicted molar refractivity (Wildman–Crippen MR) is 126 cm³/mol. The summed E-state index contributed by atoms with van der Waals surface area (Å²) in [7, 11) is 1.66. The maximum Gasteiger partial charge on any atom is 0.416 e. The molecule has 0 saturated heterocycles. The van der Waals surface area contributed by atoms with Gasteiger partial charge < -0.3 is 10.3 Å². The van der Waals surface area contributed by atoms with Crippen molar-refractivity contribution in [3.05, 3.63) is 94.9 Å². The molecular weight excluding hydrogens is 481 g/mol. The third-order valence-electron chi connectivity index (χ3n) is 5.55. The van der Waals surface area contributed by atoms with Gasteiger partial charge in [0, 0.05) is 31.2 Å². The van der Waals surface area contributed by atoms with E-state index in [1.54, 1.807) is 42.2 Å². The first-order chi connectivity index (χ1) is 16.7. The van der Waals surface area contributed by atoms with Gasteiger partial charge in [0.1, 0.15) is 11.5 Å². The average molecular weight is 499 g/mol. The van der Waals surface area contributed by atoms with Crippen molar-refractivity contribution in [3.63, 3.8) is 0 Å². The van der Waals surface area contributed by atoms with Crippen LogP contribution in [-0.4, -0.2) is 32.3 Å². The van der Waals surface area contributed by atoms with E-state index in [2.05, 4.69) is 20.7 Å². The highest BCUT2D eigenvalue weighted by atomic mass is 35.5. The van der Waals surface area contributed by atoms with E-state index in [0.717, 1.165) is 11.6 Å². The van der Waals surface area contributed by atoms with Crippen LogP contribution in [0.15, 0.2) is 73.2 Å². The molecule has 35 heavy (non-hydrogen) atoms. The predicted octanol–water partition coefficient (Wildman–Crippen LogP) is 5.33. The summed E-state index contributed by atoms with van der Waals surface area (Å²) in [5.74, 6) is -0.00670. The van der Waals surface area contributed by atoms with E-state index in [1.807, 2.05) is 30.3 Å². The largest absolute Gasteiger partial charge is 0.416 e. The minimum Gasteiger partial charge on any atom is -0.318 e. The number of anilines is 1. The zero-order valence-electron chi connectivity index (χ0n) is 18.2. The molecule has 1 aliphatic heterocycles.